The zero-order chi connectivity index (χ0) is 16.8. The highest BCUT2D eigenvalue weighted by atomic mass is 32.1. The Morgan fingerprint density at radius 3 is 3.08 bits per heavy atom. The van der Waals surface area contributed by atoms with Crippen LogP contribution in [0.25, 0.3) is 10.2 Å². The van der Waals surface area contributed by atoms with Crippen LogP contribution in [0.1, 0.15) is 41.8 Å². The van der Waals surface area contributed by atoms with E-state index in [0.717, 1.165) is 41.8 Å². The fourth-order valence-corrected chi connectivity index (χ4v) is 5.39. The highest BCUT2D eigenvalue weighted by Crippen LogP contribution is 2.41. The Balaban J connectivity index is 1.56. The largest absolute Gasteiger partial charge is 0.493 e. The predicted molar refractivity (Wildman–Crippen MR) is 102 cm³/mol. The van der Waals surface area contributed by atoms with Crippen LogP contribution in [0.5, 0.6) is 5.75 Å². The van der Waals surface area contributed by atoms with Gasteiger partial charge in [0.1, 0.15) is 22.7 Å². The maximum Gasteiger partial charge on any atom is 0.138 e. The minimum absolute atomic E-state index is 0.237. The van der Waals surface area contributed by atoms with Gasteiger partial charge in [-0.1, -0.05) is 25.1 Å². The summed E-state index contributed by atoms with van der Waals surface area (Å²) in [6.07, 6.45) is 6.22. The second-order valence-electron chi connectivity index (χ2n) is 7.13. The van der Waals surface area contributed by atoms with Crippen LogP contribution < -0.4 is 10.1 Å². The van der Waals surface area contributed by atoms with E-state index in [4.69, 9.17) is 4.74 Å². The molecule has 2 aliphatic rings. The topological polar surface area (TPSA) is 47.0 Å². The smallest absolute Gasteiger partial charge is 0.138 e. The summed E-state index contributed by atoms with van der Waals surface area (Å²) in [4.78, 5) is 11.8. The number of hydrogen-bond donors (Lipinski definition) is 1. The Labute approximate surface area is 151 Å². The van der Waals surface area contributed by atoms with Gasteiger partial charge >= 0.3 is 0 Å². The number of aromatic nitrogens is 2. The number of benzene rings is 1. The molecule has 25 heavy (non-hydrogen) atoms. The van der Waals surface area contributed by atoms with Crippen molar-refractivity contribution in [2.75, 3.05) is 11.9 Å². The normalized spacial score (nSPS) is 22.1. The number of nitrogens with one attached hydrogen (secondary N) is 1. The van der Waals surface area contributed by atoms with E-state index >= 15 is 0 Å². The van der Waals surface area contributed by atoms with Crippen molar-refractivity contribution in [2.45, 2.75) is 38.6 Å². The molecule has 2 atom stereocenters. The van der Waals surface area contributed by atoms with Gasteiger partial charge in [-0.25, -0.2) is 9.97 Å². The van der Waals surface area contributed by atoms with Crippen LogP contribution in [-0.2, 0) is 12.8 Å². The van der Waals surface area contributed by atoms with Gasteiger partial charge in [0, 0.05) is 16.9 Å². The Morgan fingerprint density at radius 1 is 1.20 bits per heavy atom. The number of fused-ring (bicyclic) bond motifs is 4. The zero-order valence-corrected chi connectivity index (χ0v) is 15.1. The molecule has 0 fully saturated rings. The number of rotatable bonds is 2. The number of nitrogens with zero attached hydrogens (tertiary/aromatic N) is 2. The maximum absolute atomic E-state index is 5.80. The molecule has 0 saturated heterocycles. The Hall–Kier alpha value is -2.14. The van der Waals surface area contributed by atoms with Gasteiger partial charge in [0.2, 0.25) is 0 Å². The van der Waals surface area contributed by atoms with Crippen molar-refractivity contribution in [1.29, 1.82) is 0 Å². The summed E-state index contributed by atoms with van der Waals surface area (Å²) in [5.41, 5.74) is 2.69. The third-order valence-electron chi connectivity index (χ3n) is 5.36. The third kappa shape index (κ3) is 2.58. The molecule has 0 saturated carbocycles. The average molecular weight is 351 g/mol. The number of hydrogen-bond acceptors (Lipinski definition) is 5. The van der Waals surface area contributed by atoms with Crippen molar-refractivity contribution in [3.05, 3.63) is 46.6 Å². The molecule has 0 spiro atoms. The minimum atomic E-state index is 0.237. The fourth-order valence-electron chi connectivity index (χ4n) is 4.04. The molecule has 0 bridgehead atoms. The molecule has 0 amide bonds. The first-order chi connectivity index (χ1) is 12.3. The summed E-state index contributed by atoms with van der Waals surface area (Å²) in [7, 11) is 0. The van der Waals surface area contributed by atoms with Crippen LogP contribution in [0.15, 0.2) is 30.6 Å². The van der Waals surface area contributed by atoms with E-state index in [1.807, 2.05) is 23.5 Å². The van der Waals surface area contributed by atoms with E-state index in [9.17, 15) is 0 Å². The van der Waals surface area contributed by atoms with Gasteiger partial charge in [0.25, 0.3) is 0 Å². The number of para-hydroxylation sites is 1. The van der Waals surface area contributed by atoms with E-state index in [2.05, 4.69) is 34.3 Å². The van der Waals surface area contributed by atoms with E-state index in [1.165, 1.54) is 34.2 Å². The third-order valence-corrected chi connectivity index (χ3v) is 6.52. The van der Waals surface area contributed by atoms with Crippen molar-refractivity contribution in [1.82, 2.24) is 9.97 Å². The second-order valence-corrected chi connectivity index (χ2v) is 8.21. The minimum Gasteiger partial charge on any atom is -0.493 e. The van der Waals surface area contributed by atoms with Gasteiger partial charge < -0.3 is 10.1 Å². The molecule has 3 aromatic rings. The van der Waals surface area contributed by atoms with Gasteiger partial charge in [0.05, 0.1) is 18.0 Å². The summed E-state index contributed by atoms with van der Waals surface area (Å²) >= 11 is 1.85. The highest BCUT2D eigenvalue weighted by Gasteiger charge is 2.26. The molecule has 1 aliphatic heterocycles. The SMILES string of the molecule is C[C@H]1CCc2c(sc3ncnc(N[C@H]4CCOc5ccccc54)c23)C1. The summed E-state index contributed by atoms with van der Waals surface area (Å²) in [6, 6.07) is 8.54. The van der Waals surface area contributed by atoms with Gasteiger partial charge in [0.15, 0.2) is 0 Å². The average Bonchev–Trinajstić information content (AvgIpc) is 3.00. The highest BCUT2D eigenvalue weighted by molar-refractivity contribution is 7.19. The van der Waals surface area contributed by atoms with Crippen LogP contribution in [0.2, 0.25) is 0 Å². The van der Waals surface area contributed by atoms with E-state index in [-0.39, 0.29) is 6.04 Å². The summed E-state index contributed by atoms with van der Waals surface area (Å²) < 4.78 is 5.80. The van der Waals surface area contributed by atoms with Crippen molar-refractivity contribution < 1.29 is 4.74 Å². The van der Waals surface area contributed by atoms with Crippen molar-refractivity contribution in [3.8, 4) is 5.75 Å². The Bertz CT molecular complexity index is 936. The lowest BCUT2D eigenvalue weighted by atomic mass is 9.89. The van der Waals surface area contributed by atoms with Crippen LogP contribution in [0.3, 0.4) is 0 Å². The van der Waals surface area contributed by atoms with E-state index in [1.54, 1.807) is 6.33 Å². The molecule has 4 nitrogen and oxygen atoms in total. The molecule has 1 N–H and O–H groups in total. The van der Waals surface area contributed by atoms with Crippen molar-refractivity contribution in [3.63, 3.8) is 0 Å². The Morgan fingerprint density at radius 2 is 2.12 bits per heavy atom. The number of anilines is 1. The lowest BCUT2D eigenvalue weighted by molar-refractivity contribution is 0.274. The number of aryl methyl sites for hydroxylation is 1. The van der Waals surface area contributed by atoms with Crippen molar-refractivity contribution >= 4 is 27.4 Å². The number of ether oxygens (including phenoxy) is 1. The van der Waals surface area contributed by atoms with Crippen molar-refractivity contribution in [2.24, 2.45) is 5.92 Å². The first kappa shape index (κ1) is 15.1. The van der Waals surface area contributed by atoms with Crippen LogP contribution >= 0.6 is 11.3 Å². The number of thiophene rings is 1. The molecule has 1 aromatic carbocycles. The van der Waals surface area contributed by atoms with Gasteiger partial charge in [-0.15, -0.1) is 11.3 Å². The summed E-state index contributed by atoms with van der Waals surface area (Å²) in [5, 5.41) is 4.95. The summed E-state index contributed by atoms with van der Waals surface area (Å²) in [5.74, 6) is 2.74. The van der Waals surface area contributed by atoms with Gasteiger partial charge in [-0.2, -0.15) is 0 Å². The Kier molecular flexibility index (Phi) is 3.63. The van der Waals surface area contributed by atoms with Crippen LogP contribution in [-0.4, -0.2) is 16.6 Å². The summed E-state index contributed by atoms with van der Waals surface area (Å²) in [6.45, 7) is 3.08. The zero-order valence-electron chi connectivity index (χ0n) is 14.3. The lowest BCUT2D eigenvalue weighted by Gasteiger charge is -2.27. The predicted octanol–water partition coefficient (Wildman–Crippen LogP) is 4.75. The molecule has 5 rings (SSSR count). The van der Waals surface area contributed by atoms with Crippen LogP contribution in [0, 0.1) is 5.92 Å². The first-order valence-electron chi connectivity index (χ1n) is 9.03. The molecule has 1 aliphatic carbocycles. The molecular weight excluding hydrogens is 330 g/mol. The molecule has 2 aromatic heterocycles. The molecule has 128 valence electrons. The quantitative estimate of drug-likeness (QED) is 0.724. The van der Waals surface area contributed by atoms with E-state index in [0.29, 0.717) is 0 Å². The molecular formula is C20H21N3OS. The second kappa shape index (κ2) is 5.99. The lowest BCUT2D eigenvalue weighted by Crippen LogP contribution is -2.21. The molecule has 0 radical (unpaired) electrons. The molecule has 5 heteroatoms. The fraction of sp³-hybridized carbons (Fsp3) is 0.400. The molecule has 0 unspecified atom stereocenters. The molecule has 3 heterocycles. The first-order valence-corrected chi connectivity index (χ1v) is 9.85. The van der Waals surface area contributed by atoms with E-state index < -0.39 is 0 Å². The van der Waals surface area contributed by atoms with Crippen LogP contribution in [0.4, 0.5) is 5.82 Å². The van der Waals surface area contributed by atoms with Gasteiger partial charge in [-0.05, 0) is 36.8 Å². The van der Waals surface area contributed by atoms with Gasteiger partial charge in [-0.3, -0.25) is 0 Å². The standard InChI is InChI=1S/C20H21N3OS/c1-12-6-7-14-17(10-12)25-20-18(14)19(21-11-22-20)23-15-8-9-24-16-5-3-2-4-13(15)16/h2-5,11-12,15H,6-10H2,1H3,(H,21,22,23)/t12-,15-/m0/s1. The maximum atomic E-state index is 5.80. The monoisotopic (exact) mass is 351 g/mol.